The van der Waals surface area contributed by atoms with Crippen LogP contribution in [-0.2, 0) is 19.5 Å². The van der Waals surface area contributed by atoms with Gasteiger partial charge < -0.3 is 4.74 Å². The van der Waals surface area contributed by atoms with Crippen LogP contribution in [0, 0.1) is 6.92 Å². The largest absolute Gasteiger partial charge is 0.496 e. The second-order valence-electron chi connectivity index (χ2n) is 6.97. The Hall–Kier alpha value is -2.70. The van der Waals surface area contributed by atoms with Crippen molar-refractivity contribution in [1.82, 2.24) is 9.88 Å². The van der Waals surface area contributed by atoms with Gasteiger partial charge in [-0.25, -0.2) is 4.98 Å². The maximum absolute atomic E-state index is 12.6. The van der Waals surface area contributed by atoms with Crippen molar-refractivity contribution < 1.29 is 9.53 Å². The minimum absolute atomic E-state index is 0.162. The number of aryl methyl sites for hydroxylation is 1. The fraction of sp³-hybridized carbons (Fsp3) is 0.273. The van der Waals surface area contributed by atoms with Gasteiger partial charge in [0.2, 0.25) is 0 Å². The quantitative estimate of drug-likeness (QED) is 0.703. The molecule has 1 aliphatic rings. The number of aromatic nitrogens is 1. The Balaban J connectivity index is 1.43. The van der Waals surface area contributed by atoms with Crippen molar-refractivity contribution >= 4 is 22.4 Å². The van der Waals surface area contributed by atoms with Crippen LogP contribution in [0.4, 0.5) is 5.13 Å². The highest BCUT2D eigenvalue weighted by Gasteiger charge is 2.22. The van der Waals surface area contributed by atoms with Crippen LogP contribution in [0.25, 0.3) is 0 Å². The number of carbonyl (C=O) groups excluding carboxylic acids is 1. The van der Waals surface area contributed by atoms with Crippen LogP contribution >= 0.6 is 11.3 Å². The molecule has 3 aromatic rings. The van der Waals surface area contributed by atoms with E-state index in [0.29, 0.717) is 16.4 Å². The van der Waals surface area contributed by atoms with Crippen LogP contribution in [0.15, 0.2) is 48.5 Å². The molecule has 0 saturated heterocycles. The van der Waals surface area contributed by atoms with Crippen molar-refractivity contribution in [1.29, 1.82) is 0 Å². The smallest absolute Gasteiger partial charge is 0.257 e. The summed E-state index contributed by atoms with van der Waals surface area (Å²) in [6.07, 6.45) is 0.910. The van der Waals surface area contributed by atoms with Crippen molar-refractivity contribution in [3.05, 3.63) is 75.8 Å². The number of methoxy groups -OCH3 is 1. The van der Waals surface area contributed by atoms with E-state index in [4.69, 9.17) is 4.74 Å². The fourth-order valence-corrected chi connectivity index (χ4v) is 4.45. The molecule has 1 amide bonds. The summed E-state index contributed by atoms with van der Waals surface area (Å²) in [5.74, 6) is 0.549. The third-order valence-corrected chi connectivity index (χ3v) is 5.95. The highest BCUT2D eigenvalue weighted by atomic mass is 32.1. The lowest BCUT2D eigenvalue weighted by atomic mass is 10.1. The summed E-state index contributed by atoms with van der Waals surface area (Å²) in [5, 5.41) is 3.61. The molecule has 0 spiro atoms. The molecule has 1 N–H and O–H groups in total. The topological polar surface area (TPSA) is 54.5 Å². The highest BCUT2D eigenvalue weighted by molar-refractivity contribution is 7.15. The Labute approximate surface area is 169 Å². The number of hydrogen-bond acceptors (Lipinski definition) is 5. The monoisotopic (exact) mass is 393 g/mol. The van der Waals surface area contributed by atoms with Gasteiger partial charge >= 0.3 is 0 Å². The normalized spacial score (nSPS) is 13.8. The van der Waals surface area contributed by atoms with E-state index in [0.717, 1.165) is 37.3 Å². The molecular weight excluding hydrogens is 370 g/mol. The average molecular weight is 394 g/mol. The number of nitrogens with one attached hydrogen (secondary N) is 1. The number of thiazole rings is 1. The molecule has 4 rings (SSSR count). The first kappa shape index (κ1) is 18.7. The number of carbonyl (C=O) groups is 1. The van der Waals surface area contributed by atoms with Crippen LogP contribution in [0.5, 0.6) is 5.75 Å². The van der Waals surface area contributed by atoms with E-state index in [-0.39, 0.29) is 5.91 Å². The van der Waals surface area contributed by atoms with Crippen molar-refractivity contribution in [2.75, 3.05) is 19.0 Å². The minimum Gasteiger partial charge on any atom is -0.496 e. The van der Waals surface area contributed by atoms with Crippen LogP contribution in [0.2, 0.25) is 0 Å². The van der Waals surface area contributed by atoms with Gasteiger partial charge in [-0.1, -0.05) is 36.4 Å². The summed E-state index contributed by atoms with van der Waals surface area (Å²) >= 11 is 1.57. The van der Waals surface area contributed by atoms with E-state index in [9.17, 15) is 4.79 Å². The summed E-state index contributed by atoms with van der Waals surface area (Å²) < 4.78 is 5.31. The predicted molar refractivity (Wildman–Crippen MR) is 112 cm³/mol. The molecule has 0 aliphatic carbocycles. The first-order valence-electron chi connectivity index (χ1n) is 9.33. The van der Waals surface area contributed by atoms with Gasteiger partial charge in [-0.3, -0.25) is 15.0 Å². The third kappa shape index (κ3) is 4.08. The van der Waals surface area contributed by atoms with E-state index in [1.54, 1.807) is 24.5 Å². The second-order valence-corrected chi connectivity index (χ2v) is 8.06. The zero-order valence-electron chi connectivity index (χ0n) is 16.1. The van der Waals surface area contributed by atoms with Crippen molar-refractivity contribution in [3.63, 3.8) is 0 Å². The van der Waals surface area contributed by atoms with Crippen molar-refractivity contribution in [3.8, 4) is 5.75 Å². The molecule has 0 bridgehead atoms. The van der Waals surface area contributed by atoms with Gasteiger partial charge in [0.25, 0.3) is 5.91 Å². The van der Waals surface area contributed by atoms with Crippen LogP contribution in [0.3, 0.4) is 0 Å². The summed E-state index contributed by atoms with van der Waals surface area (Å²) in [7, 11) is 1.61. The lowest BCUT2D eigenvalue weighted by molar-refractivity contribution is 0.102. The molecule has 6 heteroatoms. The van der Waals surface area contributed by atoms with Gasteiger partial charge in [0.05, 0.1) is 12.8 Å². The van der Waals surface area contributed by atoms with Crippen LogP contribution in [0.1, 0.15) is 32.1 Å². The average Bonchev–Trinajstić information content (AvgIpc) is 3.10. The van der Waals surface area contributed by atoms with Gasteiger partial charge in [0.1, 0.15) is 5.75 Å². The van der Waals surface area contributed by atoms with E-state index in [2.05, 4.69) is 39.5 Å². The number of ether oxygens (including phenoxy) is 1. The van der Waals surface area contributed by atoms with Gasteiger partial charge in [0.15, 0.2) is 5.13 Å². The number of amides is 1. The molecule has 5 nitrogen and oxygen atoms in total. The molecule has 0 unspecified atom stereocenters. The number of hydrogen-bond donors (Lipinski definition) is 1. The van der Waals surface area contributed by atoms with E-state index in [1.807, 2.05) is 25.1 Å². The molecule has 0 radical (unpaired) electrons. The molecule has 0 saturated carbocycles. The molecule has 2 aromatic carbocycles. The molecule has 0 fully saturated rings. The maximum atomic E-state index is 12.6. The molecule has 144 valence electrons. The molecule has 2 heterocycles. The third-order valence-electron chi connectivity index (χ3n) is 4.95. The predicted octanol–water partition coefficient (Wildman–Crippen LogP) is 4.27. The van der Waals surface area contributed by atoms with E-state index < -0.39 is 0 Å². The summed E-state index contributed by atoms with van der Waals surface area (Å²) in [6.45, 7) is 4.74. The first-order chi connectivity index (χ1) is 13.6. The van der Waals surface area contributed by atoms with Gasteiger partial charge in [-0.2, -0.15) is 0 Å². The standard InChI is InChI=1S/C22H23N3O2S/c1-15-8-9-17(12-19(15)27-2)21(26)24-22-23-18-10-11-25(14-20(18)28-22)13-16-6-4-3-5-7-16/h3-9,12H,10-11,13-14H2,1-2H3,(H,23,24,26). The SMILES string of the molecule is COc1cc(C(=O)Nc2nc3c(s2)CN(Cc2ccccc2)CC3)ccc1C. The lowest BCUT2D eigenvalue weighted by Gasteiger charge is -2.25. The Morgan fingerprint density at radius 2 is 2.07 bits per heavy atom. The Morgan fingerprint density at radius 3 is 2.86 bits per heavy atom. The van der Waals surface area contributed by atoms with E-state index >= 15 is 0 Å². The van der Waals surface area contributed by atoms with Crippen LogP contribution in [-0.4, -0.2) is 29.4 Å². The number of anilines is 1. The van der Waals surface area contributed by atoms with Crippen LogP contribution < -0.4 is 10.1 Å². The highest BCUT2D eigenvalue weighted by Crippen LogP contribution is 2.29. The molecular formula is C22H23N3O2S. The maximum Gasteiger partial charge on any atom is 0.257 e. The summed E-state index contributed by atoms with van der Waals surface area (Å²) in [5.41, 5.74) is 3.99. The summed E-state index contributed by atoms with van der Waals surface area (Å²) in [6, 6.07) is 16.0. The zero-order valence-corrected chi connectivity index (χ0v) is 16.9. The number of fused-ring (bicyclic) bond motifs is 1. The van der Waals surface area contributed by atoms with Crippen molar-refractivity contribution in [2.45, 2.75) is 26.4 Å². The fourth-order valence-electron chi connectivity index (χ4n) is 3.41. The first-order valence-corrected chi connectivity index (χ1v) is 10.1. The Morgan fingerprint density at radius 1 is 1.25 bits per heavy atom. The van der Waals surface area contributed by atoms with Gasteiger partial charge in [0, 0.05) is 36.5 Å². The molecule has 0 atom stereocenters. The number of nitrogens with zero attached hydrogens (tertiary/aromatic N) is 2. The molecule has 28 heavy (non-hydrogen) atoms. The zero-order chi connectivity index (χ0) is 19.5. The second kappa shape index (κ2) is 8.12. The van der Waals surface area contributed by atoms with Gasteiger partial charge in [-0.15, -0.1) is 11.3 Å². The Kier molecular flexibility index (Phi) is 5.41. The lowest BCUT2D eigenvalue weighted by Crippen LogP contribution is -2.29. The van der Waals surface area contributed by atoms with Crippen molar-refractivity contribution in [2.24, 2.45) is 0 Å². The van der Waals surface area contributed by atoms with E-state index in [1.165, 1.54) is 10.4 Å². The molecule has 1 aromatic heterocycles. The number of benzene rings is 2. The Bertz CT molecular complexity index is 985. The molecule has 1 aliphatic heterocycles. The minimum atomic E-state index is -0.162. The summed E-state index contributed by atoms with van der Waals surface area (Å²) in [4.78, 5) is 20.9. The number of rotatable bonds is 5. The van der Waals surface area contributed by atoms with Gasteiger partial charge in [-0.05, 0) is 30.2 Å².